The normalized spacial score (nSPS) is 13.6. The Labute approximate surface area is 251 Å². The molecule has 220 valence electrons. The first-order valence-electron chi connectivity index (χ1n) is 14.5. The fraction of sp³-hybridized carbons (Fsp3) is 0.229. The highest BCUT2D eigenvalue weighted by Crippen LogP contribution is 2.26. The van der Waals surface area contributed by atoms with Crippen LogP contribution in [0.5, 0.6) is 5.75 Å². The third kappa shape index (κ3) is 8.45. The van der Waals surface area contributed by atoms with Gasteiger partial charge < -0.3 is 25.8 Å². The second kappa shape index (κ2) is 14.2. The molecule has 2 amide bonds. The number of amides is 2. The second-order valence-electron chi connectivity index (χ2n) is 10.7. The summed E-state index contributed by atoms with van der Waals surface area (Å²) in [6.45, 7) is 0.499. The number of rotatable bonds is 12. The molecule has 8 heteroatoms. The summed E-state index contributed by atoms with van der Waals surface area (Å²) in [4.78, 5) is 37.1. The summed E-state index contributed by atoms with van der Waals surface area (Å²) in [5.41, 5.74) is 4.54. The van der Waals surface area contributed by atoms with E-state index in [4.69, 9.17) is 4.74 Å². The SMILES string of the molecule is O=C(N[C@@H](Cc1ccc(Nc2ccc(OCc3ccccc3)cc2)cc1)C(=O)O)c1ccc(NC(=O)C2CCCC2)cc1. The van der Waals surface area contributed by atoms with Gasteiger partial charge in [-0.25, -0.2) is 4.79 Å². The Hall–Kier alpha value is -5.11. The minimum Gasteiger partial charge on any atom is -0.489 e. The number of hydrogen-bond donors (Lipinski definition) is 4. The molecule has 4 aromatic rings. The standard InChI is InChI=1S/C35H35N3O5/c39-33(26-8-4-5-9-26)37-30-16-12-27(13-17-30)34(40)38-32(35(41)42)22-24-10-14-28(15-11-24)36-29-18-20-31(21-19-29)43-23-25-6-2-1-3-7-25/h1-3,6-7,10-21,26,32,36H,4-5,8-9,22-23H2,(H,37,39)(H,38,40)(H,41,42)/t32-/m0/s1. The van der Waals surface area contributed by atoms with E-state index in [0.717, 1.165) is 53.9 Å². The fourth-order valence-corrected chi connectivity index (χ4v) is 5.08. The largest absolute Gasteiger partial charge is 0.489 e. The highest BCUT2D eigenvalue weighted by Gasteiger charge is 2.23. The molecule has 0 spiro atoms. The predicted molar refractivity (Wildman–Crippen MR) is 167 cm³/mol. The molecule has 1 aliphatic rings. The van der Waals surface area contributed by atoms with Gasteiger partial charge in [-0.05, 0) is 84.6 Å². The zero-order valence-corrected chi connectivity index (χ0v) is 23.8. The van der Waals surface area contributed by atoms with Gasteiger partial charge in [0.15, 0.2) is 0 Å². The maximum atomic E-state index is 12.8. The van der Waals surface area contributed by atoms with E-state index in [9.17, 15) is 19.5 Å². The molecule has 0 bridgehead atoms. The van der Waals surface area contributed by atoms with Gasteiger partial charge in [-0.2, -0.15) is 0 Å². The molecule has 4 N–H and O–H groups in total. The molecule has 4 aromatic carbocycles. The van der Waals surface area contributed by atoms with E-state index in [0.29, 0.717) is 17.9 Å². The summed E-state index contributed by atoms with van der Waals surface area (Å²) in [5.74, 6) is -0.792. The third-order valence-electron chi connectivity index (χ3n) is 7.53. The van der Waals surface area contributed by atoms with Crippen LogP contribution in [-0.2, 0) is 22.6 Å². The summed E-state index contributed by atoms with van der Waals surface area (Å²) >= 11 is 0. The number of carboxylic acids is 1. The average molecular weight is 578 g/mol. The van der Waals surface area contributed by atoms with Crippen LogP contribution < -0.4 is 20.7 Å². The van der Waals surface area contributed by atoms with Crippen LogP contribution in [0.2, 0.25) is 0 Å². The molecule has 1 fully saturated rings. The number of aliphatic carboxylic acids is 1. The number of carbonyl (C=O) groups is 3. The second-order valence-corrected chi connectivity index (χ2v) is 10.7. The van der Waals surface area contributed by atoms with Crippen LogP contribution in [0.4, 0.5) is 17.1 Å². The van der Waals surface area contributed by atoms with Crippen molar-refractivity contribution >= 4 is 34.8 Å². The maximum absolute atomic E-state index is 12.8. The molecule has 5 rings (SSSR count). The molecule has 8 nitrogen and oxygen atoms in total. The van der Waals surface area contributed by atoms with Crippen LogP contribution >= 0.6 is 0 Å². The lowest BCUT2D eigenvalue weighted by molar-refractivity contribution is -0.139. The van der Waals surface area contributed by atoms with E-state index >= 15 is 0 Å². The van der Waals surface area contributed by atoms with Gasteiger partial charge in [0.05, 0.1) is 0 Å². The van der Waals surface area contributed by atoms with Gasteiger partial charge >= 0.3 is 5.97 Å². The Bertz CT molecular complexity index is 1520. The smallest absolute Gasteiger partial charge is 0.326 e. The van der Waals surface area contributed by atoms with Gasteiger partial charge in [-0.15, -0.1) is 0 Å². The Balaban J connectivity index is 1.11. The summed E-state index contributed by atoms with van der Waals surface area (Å²) in [7, 11) is 0. The number of nitrogens with one attached hydrogen (secondary N) is 3. The van der Waals surface area contributed by atoms with Gasteiger partial charge in [0.2, 0.25) is 5.91 Å². The van der Waals surface area contributed by atoms with Gasteiger partial charge in [-0.1, -0.05) is 55.3 Å². The molecular formula is C35H35N3O5. The Morgan fingerprint density at radius 3 is 1.98 bits per heavy atom. The van der Waals surface area contributed by atoms with Crippen molar-refractivity contribution in [3.05, 3.63) is 120 Å². The topological polar surface area (TPSA) is 117 Å². The number of ether oxygens (including phenoxy) is 1. The van der Waals surface area contributed by atoms with Crippen molar-refractivity contribution in [2.45, 2.75) is 44.8 Å². The summed E-state index contributed by atoms with van der Waals surface area (Å²) < 4.78 is 5.84. The summed E-state index contributed by atoms with van der Waals surface area (Å²) in [5, 5.41) is 18.6. The van der Waals surface area contributed by atoms with Gasteiger partial charge in [-0.3, -0.25) is 9.59 Å². The number of hydrogen-bond acceptors (Lipinski definition) is 5. The van der Waals surface area contributed by atoms with E-state index in [1.807, 2.05) is 78.9 Å². The number of carbonyl (C=O) groups excluding carboxylic acids is 2. The molecule has 0 unspecified atom stereocenters. The first-order valence-corrected chi connectivity index (χ1v) is 14.5. The van der Waals surface area contributed by atoms with Crippen LogP contribution in [0.3, 0.4) is 0 Å². The molecule has 43 heavy (non-hydrogen) atoms. The van der Waals surface area contributed by atoms with Crippen molar-refractivity contribution in [1.29, 1.82) is 0 Å². The summed E-state index contributed by atoms with van der Waals surface area (Å²) in [6.07, 6.45) is 4.08. The molecule has 0 heterocycles. The Morgan fingerprint density at radius 2 is 1.35 bits per heavy atom. The highest BCUT2D eigenvalue weighted by atomic mass is 16.5. The number of anilines is 3. The van der Waals surface area contributed by atoms with Crippen molar-refractivity contribution in [3.8, 4) is 5.75 Å². The van der Waals surface area contributed by atoms with Crippen LogP contribution in [0.25, 0.3) is 0 Å². The monoisotopic (exact) mass is 577 g/mol. The van der Waals surface area contributed by atoms with Crippen LogP contribution in [0, 0.1) is 5.92 Å². The molecule has 1 saturated carbocycles. The molecular weight excluding hydrogens is 542 g/mol. The van der Waals surface area contributed by atoms with Crippen molar-refractivity contribution in [2.75, 3.05) is 10.6 Å². The van der Waals surface area contributed by atoms with Crippen molar-refractivity contribution < 1.29 is 24.2 Å². The lowest BCUT2D eigenvalue weighted by Crippen LogP contribution is -2.42. The third-order valence-corrected chi connectivity index (χ3v) is 7.53. The first kappa shape index (κ1) is 29.4. The minimum absolute atomic E-state index is 0.00361. The maximum Gasteiger partial charge on any atom is 0.326 e. The van der Waals surface area contributed by atoms with Crippen LogP contribution in [0.15, 0.2) is 103 Å². The van der Waals surface area contributed by atoms with E-state index in [-0.39, 0.29) is 18.2 Å². The first-order chi connectivity index (χ1) is 20.9. The molecule has 0 saturated heterocycles. The zero-order valence-electron chi connectivity index (χ0n) is 23.8. The fourth-order valence-electron chi connectivity index (χ4n) is 5.08. The van der Waals surface area contributed by atoms with E-state index in [2.05, 4.69) is 16.0 Å². The molecule has 0 aromatic heterocycles. The molecule has 0 aliphatic heterocycles. The lowest BCUT2D eigenvalue weighted by atomic mass is 10.0. The van der Waals surface area contributed by atoms with Gasteiger partial charge in [0.1, 0.15) is 18.4 Å². The van der Waals surface area contributed by atoms with E-state index in [1.165, 1.54) is 0 Å². The van der Waals surface area contributed by atoms with Crippen molar-refractivity contribution in [2.24, 2.45) is 5.92 Å². The van der Waals surface area contributed by atoms with Gasteiger partial charge in [0.25, 0.3) is 5.91 Å². The van der Waals surface area contributed by atoms with Crippen LogP contribution in [0.1, 0.15) is 47.2 Å². The number of benzene rings is 4. The van der Waals surface area contributed by atoms with Crippen molar-refractivity contribution in [3.63, 3.8) is 0 Å². The van der Waals surface area contributed by atoms with Crippen molar-refractivity contribution in [1.82, 2.24) is 5.32 Å². The number of carboxylic acid groups (broad SMARTS) is 1. The quantitative estimate of drug-likeness (QED) is 0.151. The average Bonchev–Trinajstić information content (AvgIpc) is 3.58. The molecule has 1 atom stereocenters. The van der Waals surface area contributed by atoms with E-state index < -0.39 is 17.9 Å². The zero-order chi connectivity index (χ0) is 30.0. The predicted octanol–water partition coefficient (Wildman–Crippen LogP) is 6.56. The lowest BCUT2D eigenvalue weighted by Gasteiger charge is -2.16. The van der Waals surface area contributed by atoms with Gasteiger partial charge in [0, 0.05) is 35.0 Å². The highest BCUT2D eigenvalue weighted by molar-refractivity contribution is 5.98. The minimum atomic E-state index is -1.12. The van der Waals surface area contributed by atoms with Crippen LogP contribution in [-0.4, -0.2) is 28.9 Å². The van der Waals surface area contributed by atoms with E-state index in [1.54, 1.807) is 24.3 Å². The summed E-state index contributed by atoms with van der Waals surface area (Å²) in [6, 6.07) is 30.4. The molecule has 1 aliphatic carbocycles. The Kier molecular flexibility index (Phi) is 9.69. The molecule has 0 radical (unpaired) electrons. The Morgan fingerprint density at radius 1 is 0.744 bits per heavy atom.